The third-order valence-electron chi connectivity index (χ3n) is 4.79. The SMILES string of the molecule is Cc1cccc(OCCC(=O)N(C)[C@H]2CCCN(C(=O)CCCF)C2)c1. The molecule has 5 nitrogen and oxygen atoms in total. The molecule has 0 aliphatic carbocycles. The van der Waals surface area contributed by atoms with E-state index in [1.165, 1.54) is 0 Å². The highest BCUT2D eigenvalue weighted by Gasteiger charge is 2.28. The molecule has 6 heteroatoms. The molecule has 0 bridgehead atoms. The average Bonchev–Trinajstić information content (AvgIpc) is 2.65. The minimum Gasteiger partial charge on any atom is -0.493 e. The van der Waals surface area contributed by atoms with E-state index in [-0.39, 0.29) is 30.7 Å². The molecule has 1 saturated heterocycles. The Morgan fingerprint density at radius 3 is 2.88 bits per heavy atom. The van der Waals surface area contributed by atoms with Crippen molar-refractivity contribution in [3.05, 3.63) is 29.8 Å². The number of likely N-dealkylation sites (tertiary alicyclic amines) is 1. The van der Waals surface area contributed by atoms with Crippen molar-refractivity contribution in [2.45, 2.75) is 45.1 Å². The molecule has 2 rings (SSSR count). The van der Waals surface area contributed by atoms with Crippen molar-refractivity contribution in [1.29, 1.82) is 0 Å². The van der Waals surface area contributed by atoms with Crippen LogP contribution in [0.2, 0.25) is 0 Å². The fourth-order valence-corrected chi connectivity index (χ4v) is 3.21. The largest absolute Gasteiger partial charge is 0.493 e. The number of ether oxygens (including phenoxy) is 1. The summed E-state index contributed by atoms with van der Waals surface area (Å²) in [5.41, 5.74) is 1.12. The molecule has 0 spiro atoms. The first-order chi connectivity index (χ1) is 12.5. The van der Waals surface area contributed by atoms with E-state index in [0.717, 1.165) is 24.2 Å². The van der Waals surface area contributed by atoms with E-state index in [4.69, 9.17) is 4.74 Å². The lowest BCUT2D eigenvalue weighted by Gasteiger charge is -2.37. The summed E-state index contributed by atoms with van der Waals surface area (Å²) in [6, 6.07) is 7.76. The van der Waals surface area contributed by atoms with E-state index in [1.807, 2.05) is 31.2 Å². The molecule has 0 aromatic heterocycles. The number of hydrogen-bond acceptors (Lipinski definition) is 3. The Bertz CT molecular complexity index is 608. The normalized spacial score (nSPS) is 17.0. The summed E-state index contributed by atoms with van der Waals surface area (Å²) < 4.78 is 17.9. The first-order valence-corrected chi connectivity index (χ1v) is 9.30. The van der Waals surface area contributed by atoms with Crippen LogP contribution < -0.4 is 4.74 Å². The van der Waals surface area contributed by atoms with Gasteiger partial charge in [0.15, 0.2) is 0 Å². The summed E-state index contributed by atoms with van der Waals surface area (Å²) in [6.45, 7) is 3.09. The molecule has 1 heterocycles. The second-order valence-corrected chi connectivity index (χ2v) is 6.85. The van der Waals surface area contributed by atoms with Crippen LogP contribution in [0.4, 0.5) is 4.39 Å². The van der Waals surface area contributed by atoms with E-state index in [0.29, 0.717) is 26.1 Å². The number of alkyl halides is 1. The summed E-state index contributed by atoms with van der Waals surface area (Å²) in [5, 5.41) is 0. The first-order valence-electron chi connectivity index (χ1n) is 9.30. The molecule has 2 amide bonds. The van der Waals surface area contributed by atoms with E-state index < -0.39 is 6.67 Å². The van der Waals surface area contributed by atoms with Gasteiger partial charge in [0, 0.05) is 32.6 Å². The molecular weight excluding hydrogens is 335 g/mol. The Balaban J connectivity index is 1.78. The average molecular weight is 364 g/mol. The lowest BCUT2D eigenvalue weighted by atomic mass is 10.0. The zero-order chi connectivity index (χ0) is 18.9. The van der Waals surface area contributed by atoms with Gasteiger partial charge in [-0.2, -0.15) is 0 Å². The number of amides is 2. The van der Waals surface area contributed by atoms with Crippen molar-refractivity contribution < 1.29 is 18.7 Å². The molecule has 1 aliphatic rings. The van der Waals surface area contributed by atoms with Gasteiger partial charge in [0.2, 0.25) is 11.8 Å². The molecule has 0 N–H and O–H groups in total. The van der Waals surface area contributed by atoms with Crippen LogP contribution in [-0.4, -0.2) is 61.1 Å². The number of piperidine rings is 1. The van der Waals surface area contributed by atoms with Gasteiger partial charge in [0.05, 0.1) is 19.7 Å². The summed E-state index contributed by atoms with van der Waals surface area (Å²) in [7, 11) is 1.79. The van der Waals surface area contributed by atoms with Gasteiger partial charge in [-0.15, -0.1) is 0 Å². The Hall–Kier alpha value is -2.11. The highest BCUT2D eigenvalue weighted by molar-refractivity contribution is 5.78. The summed E-state index contributed by atoms with van der Waals surface area (Å²) in [6.07, 6.45) is 2.56. The van der Waals surface area contributed by atoms with Gasteiger partial charge in [-0.25, -0.2) is 0 Å². The van der Waals surface area contributed by atoms with E-state index >= 15 is 0 Å². The van der Waals surface area contributed by atoms with E-state index in [9.17, 15) is 14.0 Å². The van der Waals surface area contributed by atoms with Gasteiger partial charge < -0.3 is 14.5 Å². The van der Waals surface area contributed by atoms with Crippen LogP contribution in [0, 0.1) is 6.92 Å². The topological polar surface area (TPSA) is 49.9 Å². The minimum absolute atomic E-state index is 0.0145. The van der Waals surface area contributed by atoms with Gasteiger partial charge in [0.1, 0.15) is 5.75 Å². The van der Waals surface area contributed by atoms with E-state index in [1.54, 1.807) is 16.8 Å². The number of carbonyl (C=O) groups is 2. The Kier molecular flexibility index (Phi) is 7.88. The van der Waals surface area contributed by atoms with Crippen LogP contribution >= 0.6 is 0 Å². The summed E-state index contributed by atoms with van der Waals surface area (Å²) in [5.74, 6) is 0.763. The van der Waals surface area contributed by atoms with E-state index in [2.05, 4.69) is 0 Å². The predicted molar refractivity (Wildman–Crippen MR) is 98.9 cm³/mol. The third-order valence-corrected chi connectivity index (χ3v) is 4.79. The molecule has 1 atom stereocenters. The maximum atomic E-state index is 12.4. The summed E-state index contributed by atoms with van der Waals surface area (Å²) in [4.78, 5) is 28.0. The molecule has 144 valence electrons. The Morgan fingerprint density at radius 2 is 2.15 bits per heavy atom. The molecule has 26 heavy (non-hydrogen) atoms. The van der Waals surface area contributed by atoms with Crippen molar-refractivity contribution >= 4 is 11.8 Å². The maximum absolute atomic E-state index is 12.4. The summed E-state index contributed by atoms with van der Waals surface area (Å²) >= 11 is 0. The fraction of sp³-hybridized carbons (Fsp3) is 0.600. The van der Waals surface area contributed by atoms with Crippen molar-refractivity contribution in [3.8, 4) is 5.75 Å². The van der Waals surface area contributed by atoms with Crippen LogP contribution in [0.15, 0.2) is 24.3 Å². The van der Waals surface area contributed by atoms with Gasteiger partial charge in [-0.1, -0.05) is 12.1 Å². The highest BCUT2D eigenvalue weighted by atomic mass is 19.1. The van der Waals surface area contributed by atoms with Crippen LogP contribution in [0.3, 0.4) is 0 Å². The zero-order valence-corrected chi connectivity index (χ0v) is 15.7. The van der Waals surface area contributed by atoms with Gasteiger partial charge in [-0.3, -0.25) is 14.0 Å². The van der Waals surface area contributed by atoms with Gasteiger partial charge in [0.25, 0.3) is 0 Å². The molecule has 0 unspecified atom stereocenters. The number of likely N-dealkylation sites (N-methyl/N-ethyl adjacent to an activating group) is 1. The second-order valence-electron chi connectivity index (χ2n) is 6.85. The number of benzene rings is 1. The van der Waals surface area contributed by atoms with Crippen molar-refractivity contribution in [2.24, 2.45) is 0 Å². The lowest BCUT2D eigenvalue weighted by Crippen LogP contribution is -2.50. The standard InChI is InChI=1S/C20H29FN2O3/c1-16-6-3-8-18(14-16)26-13-10-19(24)22(2)17-7-5-12-23(15-17)20(25)9-4-11-21/h3,6,8,14,17H,4-5,7,9-13,15H2,1-2H3/t17-/m0/s1. The molecule has 1 aliphatic heterocycles. The van der Waals surface area contributed by atoms with Crippen LogP contribution in [-0.2, 0) is 9.59 Å². The first kappa shape index (κ1) is 20.2. The third kappa shape index (κ3) is 6.00. The van der Waals surface area contributed by atoms with Crippen molar-refractivity contribution in [2.75, 3.05) is 33.4 Å². The van der Waals surface area contributed by atoms with Crippen LogP contribution in [0.1, 0.15) is 37.7 Å². The second kappa shape index (κ2) is 10.1. The predicted octanol–water partition coefficient (Wildman–Crippen LogP) is 2.96. The quantitative estimate of drug-likeness (QED) is 0.713. The molecule has 1 aromatic carbocycles. The Morgan fingerprint density at radius 1 is 1.35 bits per heavy atom. The fourth-order valence-electron chi connectivity index (χ4n) is 3.21. The lowest BCUT2D eigenvalue weighted by molar-refractivity contribution is -0.139. The smallest absolute Gasteiger partial charge is 0.226 e. The number of halogens is 1. The number of aryl methyl sites for hydroxylation is 1. The molecule has 0 radical (unpaired) electrons. The van der Waals surface area contributed by atoms with Crippen molar-refractivity contribution in [1.82, 2.24) is 9.80 Å². The highest BCUT2D eigenvalue weighted by Crippen LogP contribution is 2.17. The Labute approximate surface area is 155 Å². The molecule has 0 saturated carbocycles. The van der Waals surface area contributed by atoms with Gasteiger partial charge >= 0.3 is 0 Å². The number of nitrogens with zero attached hydrogens (tertiary/aromatic N) is 2. The minimum atomic E-state index is -0.470. The van der Waals surface area contributed by atoms with Crippen molar-refractivity contribution in [3.63, 3.8) is 0 Å². The van der Waals surface area contributed by atoms with Gasteiger partial charge in [-0.05, 0) is 43.9 Å². The molecule has 1 aromatic rings. The molecular formula is C20H29FN2O3. The van der Waals surface area contributed by atoms with Crippen LogP contribution in [0.25, 0.3) is 0 Å². The molecule has 1 fully saturated rings. The zero-order valence-electron chi connectivity index (χ0n) is 15.7. The van der Waals surface area contributed by atoms with Crippen LogP contribution in [0.5, 0.6) is 5.75 Å². The number of hydrogen-bond donors (Lipinski definition) is 0. The maximum Gasteiger partial charge on any atom is 0.226 e. The number of rotatable bonds is 8. The monoisotopic (exact) mass is 364 g/mol. The number of carbonyl (C=O) groups excluding carboxylic acids is 2.